The second-order valence-corrected chi connectivity index (χ2v) is 5.41. The molecule has 0 aromatic carbocycles. The zero-order valence-corrected chi connectivity index (χ0v) is 10.6. The highest BCUT2D eigenvalue weighted by atomic mass is 32.1. The lowest BCUT2D eigenvalue weighted by Crippen LogP contribution is -2.23. The van der Waals surface area contributed by atoms with Crippen molar-refractivity contribution in [3.05, 3.63) is 28.6 Å². The average molecular weight is 254 g/mol. The normalized spacial score (nSPS) is 12.9. The van der Waals surface area contributed by atoms with E-state index in [1.54, 1.807) is 29.6 Å². The largest absolute Gasteiger partial charge is 0.392 e. The number of aliphatic hydroxyl groups excluding tert-OH is 1. The highest BCUT2D eigenvalue weighted by molar-refractivity contribution is 7.20. The van der Waals surface area contributed by atoms with E-state index in [0.29, 0.717) is 13.1 Å². The number of thiazole rings is 1. The second-order valence-electron chi connectivity index (χ2n) is 3.60. The Morgan fingerprint density at radius 3 is 3.06 bits per heavy atom. The standard InChI is InChI=1S/C11H14N2OS2/c1-8(14)5-12-6-9-7-16-11(13-9)10-3-2-4-15-10/h2-4,7-8,12,14H,5-6H2,1H3. The molecular weight excluding hydrogens is 240 g/mol. The van der Waals surface area contributed by atoms with Gasteiger partial charge in [0.2, 0.25) is 0 Å². The van der Waals surface area contributed by atoms with Gasteiger partial charge in [-0.1, -0.05) is 6.07 Å². The number of hydrogen-bond donors (Lipinski definition) is 2. The Hall–Kier alpha value is -0.750. The van der Waals surface area contributed by atoms with Crippen LogP contribution in [0.5, 0.6) is 0 Å². The number of nitrogens with zero attached hydrogens (tertiary/aromatic N) is 1. The molecule has 5 heteroatoms. The van der Waals surface area contributed by atoms with Crippen LogP contribution in [0.2, 0.25) is 0 Å². The van der Waals surface area contributed by atoms with Crippen LogP contribution in [0.25, 0.3) is 9.88 Å². The molecule has 3 nitrogen and oxygen atoms in total. The van der Waals surface area contributed by atoms with Gasteiger partial charge in [0.25, 0.3) is 0 Å². The van der Waals surface area contributed by atoms with Gasteiger partial charge in [0, 0.05) is 18.5 Å². The third-order valence-electron chi connectivity index (χ3n) is 2.03. The Balaban J connectivity index is 1.93. The molecule has 0 saturated carbocycles. The lowest BCUT2D eigenvalue weighted by molar-refractivity contribution is 0.191. The van der Waals surface area contributed by atoms with E-state index in [2.05, 4.69) is 27.1 Å². The molecule has 2 heterocycles. The van der Waals surface area contributed by atoms with E-state index < -0.39 is 0 Å². The van der Waals surface area contributed by atoms with Crippen molar-refractivity contribution in [2.75, 3.05) is 6.54 Å². The van der Waals surface area contributed by atoms with Gasteiger partial charge in [0.15, 0.2) is 0 Å². The predicted octanol–water partition coefficient (Wildman–Crippen LogP) is 2.34. The minimum Gasteiger partial charge on any atom is -0.392 e. The summed E-state index contributed by atoms with van der Waals surface area (Å²) < 4.78 is 0. The first kappa shape index (κ1) is 11.7. The molecule has 0 saturated heterocycles. The van der Waals surface area contributed by atoms with Crippen molar-refractivity contribution >= 4 is 22.7 Å². The lowest BCUT2D eigenvalue weighted by atomic mass is 10.4. The molecule has 0 bridgehead atoms. The van der Waals surface area contributed by atoms with Gasteiger partial charge in [-0.3, -0.25) is 0 Å². The summed E-state index contributed by atoms with van der Waals surface area (Å²) in [7, 11) is 0. The maximum atomic E-state index is 9.11. The van der Waals surface area contributed by atoms with Crippen LogP contribution in [0, 0.1) is 0 Å². The van der Waals surface area contributed by atoms with Crippen LogP contribution in [0.3, 0.4) is 0 Å². The molecule has 0 aliphatic rings. The molecule has 0 spiro atoms. The summed E-state index contributed by atoms with van der Waals surface area (Å²) in [6.45, 7) is 3.09. The number of nitrogens with one attached hydrogen (secondary N) is 1. The van der Waals surface area contributed by atoms with E-state index in [-0.39, 0.29) is 6.10 Å². The number of aromatic nitrogens is 1. The van der Waals surface area contributed by atoms with Gasteiger partial charge in [0.1, 0.15) is 5.01 Å². The van der Waals surface area contributed by atoms with E-state index in [9.17, 15) is 0 Å². The number of thiophene rings is 1. The Bertz CT molecular complexity index is 423. The number of aliphatic hydroxyl groups is 1. The molecule has 2 aromatic heterocycles. The Labute approximate surface area is 103 Å². The minimum atomic E-state index is -0.310. The monoisotopic (exact) mass is 254 g/mol. The SMILES string of the molecule is CC(O)CNCc1csc(-c2cccs2)n1. The maximum absolute atomic E-state index is 9.11. The molecule has 0 amide bonds. The fourth-order valence-corrected chi connectivity index (χ4v) is 2.94. The highest BCUT2D eigenvalue weighted by Gasteiger charge is 2.05. The van der Waals surface area contributed by atoms with E-state index in [1.807, 2.05) is 6.07 Å². The number of hydrogen-bond acceptors (Lipinski definition) is 5. The first-order chi connectivity index (χ1) is 7.75. The molecule has 0 aliphatic heterocycles. The molecule has 2 aromatic rings. The fraction of sp³-hybridized carbons (Fsp3) is 0.364. The van der Waals surface area contributed by atoms with Gasteiger partial charge in [-0.25, -0.2) is 4.98 Å². The minimum absolute atomic E-state index is 0.310. The summed E-state index contributed by atoms with van der Waals surface area (Å²) in [5, 5.41) is 17.5. The highest BCUT2D eigenvalue weighted by Crippen LogP contribution is 2.27. The molecule has 0 fully saturated rings. The Morgan fingerprint density at radius 2 is 2.38 bits per heavy atom. The van der Waals surface area contributed by atoms with Crippen LogP contribution in [0.4, 0.5) is 0 Å². The van der Waals surface area contributed by atoms with Gasteiger partial charge >= 0.3 is 0 Å². The summed E-state index contributed by atoms with van der Waals surface area (Å²) in [4.78, 5) is 5.75. The van der Waals surface area contributed by atoms with Crippen LogP contribution in [-0.4, -0.2) is 22.7 Å². The fourth-order valence-electron chi connectivity index (χ4n) is 1.31. The molecule has 16 heavy (non-hydrogen) atoms. The van der Waals surface area contributed by atoms with Gasteiger partial charge in [-0.2, -0.15) is 0 Å². The van der Waals surface area contributed by atoms with Crippen molar-refractivity contribution in [3.8, 4) is 9.88 Å². The van der Waals surface area contributed by atoms with E-state index in [4.69, 9.17) is 5.11 Å². The van der Waals surface area contributed by atoms with Gasteiger partial charge in [0.05, 0.1) is 16.7 Å². The molecule has 1 atom stereocenters. The third kappa shape index (κ3) is 3.12. The molecule has 1 unspecified atom stereocenters. The quantitative estimate of drug-likeness (QED) is 0.861. The summed E-state index contributed by atoms with van der Waals surface area (Å²) in [6, 6.07) is 4.11. The summed E-state index contributed by atoms with van der Waals surface area (Å²) in [6.07, 6.45) is -0.310. The van der Waals surface area contributed by atoms with Crippen molar-refractivity contribution in [2.45, 2.75) is 19.6 Å². The Kier molecular flexibility index (Phi) is 4.06. The molecular formula is C11H14N2OS2. The van der Waals surface area contributed by atoms with E-state index in [1.165, 1.54) is 4.88 Å². The lowest BCUT2D eigenvalue weighted by Gasteiger charge is -2.04. The molecule has 0 aliphatic carbocycles. The van der Waals surface area contributed by atoms with Crippen molar-refractivity contribution in [1.82, 2.24) is 10.3 Å². The summed E-state index contributed by atoms with van der Waals surface area (Å²) >= 11 is 3.37. The first-order valence-corrected chi connectivity index (χ1v) is 6.88. The van der Waals surface area contributed by atoms with Gasteiger partial charge in [-0.15, -0.1) is 22.7 Å². The molecule has 0 radical (unpaired) electrons. The molecule has 2 rings (SSSR count). The second kappa shape index (κ2) is 5.54. The van der Waals surface area contributed by atoms with Crippen molar-refractivity contribution in [1.29, 1.82) is 0 Å². The summed E-state index contributed by atoms with van der Waals surface area (Å²) in [5.74, 6) is 0. The van der Waals surface area contributed by atoms with Crippen LogP contribution in [-0.2, 0) is 6.54 Å². The van der Waals surface area contributed by atoms with E-state index >= 15 is 0 Å². The number of rotatable bonds is 5. The maximum Gasteiger partial charge on any atom is 0.133 e. The average Bonchev–Trinajstić information content (AvgIpc) is 2.85. The van der Waals surface area contributed by atoms with Crippen molar-refractivity contribution < 1.29 is 5.11 Å². The van der Waals surface area contributed by atoms with Crippen LogP contribution in [0.15, 0.2) is 22.9 Å². The third-order valence-corrected chi connectivity index (χ3v) is 3.96. The first-order valence-electron chi connectivity index (χ1n) is 5.13. The van der Waals surface area contributed by atoms with Crippen LogP contribution >= 0.6 is 22.7 Å². The van der Waals surface area contributed by atoms with Crippen LogP contribution < -0.4 is 5.32 Å². The Morgan fingerprint density at radius 1 is 1.50 bits per heavy atom. The van der Waals surface area contributed by atoms with Crippen molar-refractivity contribution in [2.24, 2.45) is 0 Å². The smallest absolute Gasteiger partial charge is 0.133 e. The molecule has 86 valence electrons. The topological polar surface area (TPSA) is 45.1 Å². The van der Waals surface area contributed by atoms with Crippen LogP contribution in [0.1, 0.15) is 12.6 Å². The predicted molar refractivity (Wildman–Crippen MR) is 68.8 cm³/mol. The zero-order valence-electron chi connectivity index (χ0n) is 9.01. The van der Waals surface area contributed by atoms with E-state index in [0.717, 1.165) is 10.7 Å². The zero-order chi connectivity index (χ0) is 11.4. The summed E-state index contributed by atoms with van der Waals surface area (Å²) in [5.41, 5.74) is 1.04. The van der Waals surface area contributed by atoms with Gasteiger partial charge in [-0.05, 0) is 18.4 Å². The molecule has 2 N–H and O–H groups in total. The van der Waals surface area contributed by atoms with Gasteiger partial charge < -0.3 is 10.4 Å². The van der Waals surface area contributed by atoms with Crippen molar-refractivity contribution in [3.63, 3.8) is 0 Å².